The van der Waals surface area contributed by atoms with E-state index < -0.39 is 17.8 Å². The zero-order valence-electron chi connectivity index (χ0n) is 19.5. The van der Waals surface area contributed by atoms with Crippen molar-refractivity contribution >= 4 is 40.3 Å². The Morgan fingerprint density at radius 2 is 1.89 bits per heavy atom. The Morgan fingerprint density at radius 1 is 1.08 bits per heavy atom. The number of rotatable bonds is 7. The minimum atomic E-state index is -0.986. The summed E-state index contributed by atoms with van der Waals surface area (Å²) in [4.78, 5) is 38.0. The van der Waals surface area contributed by atoms with Crippen LogP contribution in [-0.4, -0.2) is 31.1 Å². The maximum absolute atomic E-state index is 13.8. The molecule has 0 fully saturated rings. The first-order valence-electron chi connectivity index (χ1n) is 11.3. The number of nitrogens with one attached hydrogen (secondary N) is 2. The molecule has 4 rings (SSSR count). The molecular formula is C26H24FN3O5S. The van der Waals surface area contributed by atoms with Crippen LogP contribution in [0.2, 0.25) is 0 Å². The van der Waals surface area contributed by atoms with Crippen molar-refractivity contribution < 1.29 is 28.2 Å². The maximum Gasteiger partial charge on any atom is 0.341 e. The Bertz CT molecular complexity index is 1320. The largest absolute Gasteiger partial charge is 0.489 e. The number of esters is 1. The molecule has 0 atom stereocenters. The van der Waals surface area contributed by atoms with Crippen molar-refractivity contribution in [3.8, 4) is 5.75 Å². The van der Waals surface area contributed by atoms with Gasteiger partial charge in [0.25, 0.3) is 0 Å². The van der Waals surface area contributed by atoms with Gasteiger partial charge in [0.05, 0.1) is 18.9 Å². The normalized spacial score (nSPS) is 12.6. The zero-order chi connectivity index (χ0) is 25.5. The van der Waals surface area contributed by atoms with Crippen LogP contribution >= 0.6 is 11.3 Å². The molecule has 1 aliphatic carbocycles. The van der Waals surface area contributed by atoms with Crippen molar-refractivity contribution in [1.29, 1.82) is 0 Å². The van der Waals surface area contributed by atoms with Crippen molar-refractivity contribution in [3.05, 3.63) is 81.5 Å². The molecular weight excluding hydrogens is 485 g/mol. The molecule has 0 aliphatic heterocycles. The summed E-state index contributed by atoms with van der Waals surface area (Å²) in [6.45, 7) is 0.0594. The van der Waals surface area contributed by atoms with Gasteiger partial charge in [-0.05, 0) is 55.0 Å². The number of fused-ring (bicyclic) bond motifs is 1. The van der Waals surface area contributed by atoms with E-state index in [-0.39, 0.29) is 12.4 Å². The molecule has 3 aromatic rings. The Hall–Kier alpha value is -4.05. The Kier molecular flexibility index (Phi) is 8.06. The Morgan fingerprint density at radius 3 is 2.69 bits per heavy atom. The average molecular weight is 510 g/mol. The molecule has 0 radical (unpaired) electrons. The predicted molar refractivity (Wildman–Crippen MR) is 134 cm³/mol. The fourth-order valence-electron chi connectivity index (χ4n) is 3.81. The summed E-state index contributed by atoms with van der Waals surface area (Å²) in [5.74, 6) is -2.33. The van der Waals surface area contributed by atoms with Crippen LogP contribution in [-0.2, 0) is 33.8 Å². The average Bonchev–Trinajstić information content (AvgIpc) is 3.25. The number of carbonyl (C=O) groups is 3. The van der Waals surface area contributed by atoms with Gasteiger partial charge in [0.2, 0.25) is 0 Å². The first kappa shape index (κ1) is 25.1. The lowest BCUT2D eigenvalue weighted by Gasteiger charge is -2.11. The molecule has 0 spiro atoms. The standard InChI is InChI=1S/C26H24FN3O5S/c1-34-26(33)22-19-10-3-5-12-21(19)36-25(22)29-23(31)24(32)30-28-14-16-7-6-9-18(13-16)35-15-17-8-2-4-11-20(17)27/h2,4,6-9,11,13-14H,3,5,10,12,15H2,1H3,(H,29,31)(H,30,32)/b28-14+. The van der Waals surface area contributed by atoms with E-state index in [1.807, 2.05) is 0 Å². The van der Waals surface area contributed by atoms with Crippen molar-refractivity contribution in [2.45, 2.75) is 32.3 Å². The minimum Gasteiger partial charge on any atom is -0.489 e. The highest BCUT2D eigenvalue weighted by molar-refractivity contribution is 7.17. The molecule has 186 valence electrons. The lowest BCUT2D eigenvalue weighted by atomic mass is 9.95. The lowest BCUT2D eigenvalue weighted by molar-refractivity contribution is -0.136. The van der Waals surface area contributed by atoms with Crippen LogP contribution in [0.15, 0.2) is 53.6 Å². The molecule has 2 amide bonds. The molecule has 1 aromatic heterocycles. The number of ether oxygens (including phenoxy) is 2. The van der Waals surface area contributed by atoms with Crippen LogP contribution in [0.4, 0.5) is 9.39 Å². The lowest BCUT2D eigenvalue weighted by Crippen LogP contribution is -2.32. The Balaban J connectivity index is 1.35. The van der Waals surface area contributed by atoms with Gasteiger partial charge in [-0.3, -0.25) is 9.59 Å². The number of hydrogen-bond acceptors (Lipinski definition) is 7. The molecule has 0 saturated heterocycles. The molecule has 0 bridgehead atoms. The molecule has 2 N–H and O–H groups in total. The van der Waals surface area contributed by atoms with E-state index in [0.717, 1.165) is 36.1 Å². The van der Waals surface area contributed by atoms with Gasteiger partial charge in [-0.15, -0.1) is 11.3 Å². The van der Waals surface area contributed by atoms with Crippen molar-refractivity contribution in [3.63, 3.8) is 0 Å². The summed E-state index contributed by atoms with van der Waals surface area (Å²) in [7, 11) is 1.28. The van der Waals surface area contributed by atoms with Crippen LogP contribution < -0.4 is 15.5 Å². The van der Waals surface area contributed by atoms with Crippen molar-refractivity contribution in [2.75, 3.05) is 12.4 Å². The predicted octanol–water partition coefficient (Wildman–Crippen LogP) is 4.22. The summed E-state index contributed by atoms with van der Waals surface area (Å²) in [5.41, 5.74) is 4.39. The number of hydrazone groups is 1. The van der Waals surface area contributed by atoms with Crippen LogP contribution in [0.1, 0.15) is 44.8 Å². The number of halogens is 1. The first-order valence-corrected chi connectivity index (χ1v) is 12.1. The van der Waals surface area contributed by atoms with Gasteiger partial charge in [-0.25, -0.2) is 14.6 Å². The van der Waals surface area contributed by atoms with Gasteiger partial charge in [0.15, 0.2) is 0 Å². The number of hydrogen-bond donors (Lipinski definition) is 2. The van der Waals surface area contributed by atoms with Crippen LogP contribution in [0, 0.1) is 5.82 Å². The van der Waals surface area contributed by atoms with Crippen LogP contribution in [0.3, 0.4) is 0 Å². The minimum absolute atomic E-state index is 0.0594. The van der Waals surface area contributed by atoms with Gasteiger partial charge < -0.3 is 14.8 Å². The van der Waals surface area contributed by atoms with E-state index in [1.165, 1.54) is 30.7 Å². The third-order valence-corrected chi connectivity index (χ3v) is 6.79. The fourth-order valence-corrected chi connectivity index (χ4v) is 5.08. The topological polar surface area (TPSA) is 106 Å². The summed E-state index contributed by atoms with van der Waals surface area (Å²) < 4.78 is 24.3. The van der Waals surface area contributed by atoms with Gasteiger partial charge in [0.1, 0.15) is 23.2 Å². The zero-order valence-corrected chi connectivity index (χ0v) is 20.3. The summed E-state index contributed by atoms with van der Waals surface area (Å²) in [5, 5.41) is 6.65. The number of aryl methyl sites for hydroxylation is 1. The molecule has 0 saturated carbocycles. The van der Waals surface area contributed by atoms with Gasteiger partial charge >= 0.3 is 17.8 Å². The first-order chi connectivity index (χ1) is 17.5. The van der Waals surface area contributed by atoms with Gasteiger partial charge in [-0.2, -0.15) is 5.10 Å². The van der Waals surface area contributed by atoms with E-state index in [2.05, 4.69) is 15.8 Å². The third-order valence-electron chi connectivity index (χ3n) is 5.58. The monoisotopic (exact) mass is 509 g/mol. The van der Waals surface area contributed by atoms with Crippen molar-refractivity contribution in [2.24, 2.45) is 5.10 Å². The van der Waals surface area contributed by atoms with E-state index in [1.54, 1.807) is 42.5 Å². The van der Waals surface area contributed by atoms with Gasteiger partial charge in [-0.1, -0.05) is 30.3 Å². The van der Waals surface area contributed by atoms with Crippen LogP contribution in [0.5, 0.6) is 5.75 Å². The number of benzene rings is 2. The summed E-state index contributed by atoms with van der Waals surface area (Å²) >= 11 is 1.29. The van der Waals surface area contributed by atoms with E-state index in [0.29, 0.717) is 27.4 Å². The van der Waals surface area contributed by atoms with Gasteiger partial charge in [0, 0.05) is 10.4 Å². The second kappa shape index (κ2) is 11.6. The molecule has 0 unspecified atom stereocenters. The Labute approximate surface area is 211 Å². The van der Waals surface area contributed by atoms with E-state index in [4.69, 9.17) is 9.47 Å². The molecule has 1 aliphatic rings. The SMILES string of the molecule is COC(=O)c1c(NC(=O)C(=O)N/N=C/c2cccc(OCc3ccccc3F)c2)sc2c1CCCC2. The van der Waals surface area contributed by atoms with E-state index in [9.17, 15) is 18.8 Å². The quantitative estimate of drug-likeness (QED) is 0.215. The highest BCUT2D eigenvalue weighted by atomic mass is 32.1. The second-order valence-corrected chi connectivity index (χ2v) is 9.12. The molecule has 10 heteroatoms. The van der Waals surface area contributed by atoms with Crippen LogP contribution in [0.25, 0.3) is 0 Å². The number of methoxy groups -OCH3 is 1. The number of anilines is 1. The highest BCUT2D eigenvalue weighted by Gasteiger charge is 2.28. The molecule has 36 heavy (non-hydrogen) atoms. The molecule has 8 nitrogen and oxygen atoms in total. The third kappa shape index (κ3) is 5.95. The number of amides is 2. The fraction of sp³-hybridized carbons (Fsp3) is 0.231. The number of thiophene rings is 1. The maximum atomic E-state index is 13.8. The second-order valence-electron chi connectivity index (χ2n) is 8.01. The summed E-state index contributed by atoms with van der Waals surface area (Å²) in [6, 6.07) is 13.2. The summed E-state index contributed by atoms with van der Waals surface area (Å²) in [6.07, 6.45) is 4.85. The number of carbonyl (C=O) groups excluding carboxylic acids is 3. The molecule has 1 heterocycles. The highest BCUT2D eigenvalue weighted by Crippen LogP contribution is 2.38. The van der Waals surface area contributed by atoms with Crippen molar-refractivity contribution in [1.82, 2.24) is 5.43 Å². The number of nitrogens with zero attached hydrogens (tertiary/aromatic N) is 1. The van der Waals surface area contributed by atoms with E-state index >= 15 is 0 Å². The molecule has 2 aromatic carbocycles. The smallest absolute Gasteiger partial charge is 0.341 e.